The Morgan fingerprint density at radius 2 is 1.67 bits per heavy atom. The molecule has 24 heavy (non-hydrogen) atoms. The number of nitrogens with zero attached hydrogens (tertiary/aromatic N) is 1. The molecule has 0 radical (unpaired) electrons. The Hall–Kier alpha value is -1.54. The maximum Gasteiger partial charge on any atom is 0.407 e. The molecular formula is C16H32N2O6. The highest BCUT2D eigenvalue weighted by Gasteiger charge is 2.15. The molecular weight excluding hydrogens is 316 g/mol. The van der Waals surface area contributed by atoms with Gasteiger partial charge in [0.2, 0.25) is 0 Å². The van der Waals surface area contributed by atoms with Crippen molar-refractivity contribution in [3.05, 3.63) is 0 Å². The van der Waals surface area contributed by atoms with Crippen LogP contribution in [0.4, 0.5) is 9.59 Å². The highest BCUT2D eigenvalue weighted by Crippen LogP contribution is 2.06. The Kier molecular flexibility index (Phi) is 12.0. The van der Waals surface area contributed by atoms with Gasteiger partial charge in [-0.25, -0.2) is 9.59 Å². The number of carbonyl (C=O) groups is 2. The zero-order valence-electron chi connectivity index (χ0n) is 15.3. The number of alkyl carbamates (subject to hydrolysis) is 1. The Balaban J connectivity index is 3.42. The van der Waals surface area contributed by atoms with Crippen LogP contribution in [-0.2, 0) is 14.2 Å². The molecule has 0 bridgehead atoms. The Morgan fingerprint density at radius 3 is 2.21 bits per heavy atom. The topological polar surface area (TPSA) is 97.3 Å². The van der Waals surface area contributed by atoms with E-state index in [1.807, 2.05) is 6.92 Å². The number of rotatable bonds is 12. The van der Waals surface area contributed by atoms with Crippen molar-refractivity contribution in [2.45, 2.75) is 46.1 Å². The average molecular weight is 348 g/mol. The van der Waals surface area contributed by atoms with Gasteiger partial charge in [0.05, 0.1) is 19.8 Å². The molecule has 8 heteroatoms. The molecule has 0 saturated carbocycles. The summed E-state index contributed by atoms with van der Waals surface area (Å²) in [6.07, 6.45) is 0.111. The van der Waals surface area contributed by atoms with Gasteiger partial charge >= 0.3 is 12.2 Å². The fraction of sp³-hybridized carbons (Fsp3) is 0.875. The first-order valence-electron chi connectivity index (χ1n) is 8.36. The second-order valence-corrected chi connectivity index (χ2v) is 6.28. The van der Waals surface area contributed by atoms with E-state index in [4.69, 9.17) is 19.3 Å². The van der Waals surface area contributed by atoms with Crippen LogP contribution >= 0.6 is 0 Å². The SMILES string of the molecule is CCCN(CCCOCCOCCNC(=O)OC(C)(C)C)C(=O)O. The lowest BCUT2D eigenvalue weighted by Crippen LogP contribution is -2.34. The van der Waals surface area contributed by atoms with Gasteiger partial charge in [-0.05, 0) is 33.6 Å². The van der Waals surface area contributed by atoms with Crippen molar-refractivity contribution in [1.82, 2.24) is 10.2 Å². The van der Waals surface area contributed by atoms with E-state index in [0.29, 0.717) is 52.5 Å². The predicted octanol–water partition coefficient (Wildman–Crippen LogP) is 2.32. The number of amides is 2. The molecule has 0 aromatic carbocycles. The van der Waals surface area contributed by atoms with Gasteiger partial charge in [0, 0.05) is 26.2 Å². The van der Waals surface area contributed by atoms with Crippen LogP contribution in [0.5, 0.6) is 0 Å². The number of ether oxygens (including phenoxy) is 3. The van der Waals surface area contributed by atoms with Crippen molar-refractivity contribution < 1.29 is 28.9 Å². The van der Waals surface area contributed by atoms with E-state index < -0.39 is 17.8 Å². The summed E-state index contributed by atoms with van der Waals surface area (Å²) in [5.41, 5.74) is -0.508. The zero-order valence-corrected chi connectivity index (χ0v) is 15.3. The maximum atomic E-state index is 11.4. The number of carboxylic acid groups (broad SMARTS) is 1. The van der Waals surface area contributed by atoms with Crippen LogP contribution < -0.4 is 5.32 Å². The quantitative estimate of drug-likeness (QED) is 0.525. The first-order valence-corrected chi connectivity index (χ1v) is 8.36. The summed E-state index contributed by atoms with van der Waals surface area (Å²) in [5.74, 6) is 0. The molecule has 0 fully saturated rings. The van der Waals surface area contributed by atoms with Crippen molar-refractivity contribution in [1.29, 1.82) is 0 Å². The lowest BCUT2D eigenvalue weighted by Gasteiger charge is -2.19. The molecule has 2 amide bonds. The van der Waals surface area contributed by atoms with E-state index in [1.165, 1.54) is 4.90 Å². The van der Waals surface area contributed by atoms with Crippen molar-refractivity contribution in [2.24, 2.45) is 0 Å². The van der Waals surface area contributed by atoms with E-state index in [9.17, 15) is 9.59 Å². The van der Waals surface area contributed by atoms with Gasteiger partial charge in [-0.15, -0.1) is 0 Å². The third-order valence-electron chi connectivity index (χ3n) is 2.77. The second-order valence-electron chi connectivity index (χ2n) is 6.28. The molecule has 0 aliphatic heterocycles. The summed E-state index contributed by atoms with van der Waals surface area (Å²) in [6, 6.07) is 0. The minimum absolute atomic E-state index is 0.375. The maximum absolute atomic E-state index is 11.4. The Labute approximate surface area is 144 Å². The van der Waals surface area contributed by atoms with Crippen molar-refractivity contribution in [2.75, 3.05) is 46.1 Å². The van der Waals surface area contributed by atoms with Crippen LogP contribution in [0.2, 0.25) is 0 Å². The molecule has 0 aromatic rings. The van der Waals surface area contributed by atoms with E-state index >= 15 is 0 Å². The van der Waals surface area contributed by atoms with Gasteiger partial charge < -0.3 is 29.5 Å². The predicted molar refractivity (Wildman–Crippen MR) is 90.4 cm³/mol. The van der Waals surface area contributed by atoms with E-state index in [-0.39, 0.29) is 0 Å². The first-order chi connectivity index (χ1) is 11.3. The zero-order chi connectivity index (χ0) is 18.4. The molecule has 142 valence electrons. The standard InChI is InChI=1S/C16H32N2O6/c1-5-8-18(15(20)21)9-6-10-22-12-13-23-11-7-17-14(19)24-16(2,3)4/h5-13H2,1-4H3,(H,17,19)(H,20,21). The summed E-state index contributed by atoms with van der Waals surface area (Å²) < 4.78 is 15.8. The minimum Gasteiger partial charge on any atom is -0.465 e. The number of hydrogen-bond donors (Lipinski definition) is 2. The van der Waals surface area contributed by atoms with Crippen LogP contribution in [-0.4, -0.2) is 73.9 Å². The molecule has 0 aromatic heterocycles. The first kappa shape index (κ1) is 22.5. The molecule has 0 spiro atoms. The summed E-state index contributed by atoms with van der Waals surface area (Å²) in [6.45, 7) is 10.5. The molecule has 0 rings (SSSR count). The lowest BCUT2D eigenvalue weighted by molar-refractivity contribution is 0.0381. The van der Waals surface area contributed by atoms with Crippen molar-refractivity contribution in [3.63, 3.8) is 0 Å². The third kappa shape index (κ3) is 14.1. The molecule has 8 nitrogen and oxygen atoms in total. The van der Waals surface area contributed by atoms with Gasteiger partial charge in [-0.1, -0.05) is 6.92 Å². The third-order valence-corrected chi connectivity index (χ3v) is 2.77. The van der Waals surface area contributed by atoms with E-state index in [2.05, 4.69) is 5.32 Å². The number of carbonyl (C=O) groups excluding carboxylic acids is 1. The summed E-state index contributed by atoms with van der Waals surface area (Å²) in [7, 11) is 0. The Morgan fingerprint density at radius 1 is 1.04 bits per heavy atom. The van der Waals surface area contributed by atoms with Crippen LogP contribution in [0.1, 0.15) is 40.5 Å². The fourth-order valence-electron chi connectivity index (χ4n) is 1.79. The second kappa shape index (κ2) is 12.8. The van der Waals surface area contributed by atoms with Crippen molar-refractivity contribution >= 4 is 12.2 Å². The van der Waals surface area contributed by atoms with Crippen LogP contribution in [0.15, 0.2) is 0 Å². The average Bonchev–Trinajstić information content (AvgIpc) is 2.45. The van der Waals surface area contributed by atoms with Crippen LogP contribution in [0.3, 0.4) is 0 Å². The highest BCUT2D eigenvalue weighted by molar-refractivity contribution is 5.67. The van der Waals surface area contributed by atoms with Gasteiger partial charge in [0.15, 0.2) is 0 Å². The van der Waals surface area contributed by atoms with Crippen LogP contribution in [0.25, 0.3) is 0 Å². The fourth-order valence-corrected chi connectivity index (χ4v) is 1.79. The molecule has 0 atom stereocenters. The lowest BCUT2D eigenvalue weighted by atomic mass is 10.2. The number of nitrogens with one attached hydrogen (secondary N) is 1. The molecule has 0 heterocycles. The number of hydrogen-bond acceptors (Lipinski definition) is 5. The molecule has 0 unspecified atom stereocenters. The summed E-state index contributed by atoms with van der Waals surface area (Å²) in [4.78, 5) is 23.7. The molecule has 0 aliphatic rings. The van der Waals surface area contributed by atoms with Crippen molar-refractivity contribution in [3.8, 4) is 0 Å². The monoisotopic (exact) mass is 348 g/mol. The Bertz CT molecular complexity index is 357. The highest BCUT2D eigenvalue weighted by atomic mass is 16.6. The smallest absolute Gasteiger partial charge is 0.407 e. The van der Waals surface area contributed by atoms with Crippen LogP contribution in [0, 0.1) is 0 Å². The normalized spacial score (nSPS) is 11.2. The summed E-state index contributed by atoms with van der Waals surface area (Å²) in [5, 5.41) is 11.6. The molecule has 0 saturated heterocycles. The van der Waals surface area contributed by atoms with Gasteiger partial charge in [0.25, 0.3) is 0 Å². The largest absolute Gasteiger partial charge is 0.465 e. The van der Waals surface area contributed by atoms with E-state index in [1.54, 1.807) is 20.8 Å². The minimum atomic E-state index is -0.891. The van der Waals surface area contributed by atoms with Gasteiger partial charge in [-0.2, -0.15) is 0 Å². The summed E-state index contributed by atoms with van der Waals surface area (Å²) >= 11 is 0. The van der Waals surface area contributed by atoms with Gasteiger partial charge in [0.1, 0.15) is 5.60 Å². The van der Waals surface area contributed by atoms with E-state index in [0.717, 1.165) is 6.42 Å². The molecule has 0 aliphatic carbocycles. The molecule has 2 N–H and O–H groups in total. The van der Waals surface area contributed by atoms with Gasteiger partial charge in [-0.3, -0.25) is 0 Å².